The number of rotatable bonds is 5. The summed E-state index contributed by atoms with van der Waals surface area (Å²) in [6.45, 7) is 6.68. The van der Waals surface area contributed by atoms with Crippen molar-refractivity contribution in [2.24, 2.45) is 11.8 Å². The second-order valence-electron chi connectivity index (χ2n) is 10.4. The molecule has 36 heavy (non-hydrogen) atoms. The van der Waals surface area contributed by atoms with E-state index in [-0.39, 0.29) is 29.6 Å². The summed E-state index contributed by atoms with van der Waals surface area (Å²) in [4.78, 5) is 47.2. The van der Waals surface area contributed by atoms with E-state index in [1.54, 1.807) is 23.6 Å². The van der Waals surface area contributed by atoms with Crippen LogP contribution >= 0.6 is 11.8 Å². The van der Waals surface area contributed by atoms with Crippen LogP contribution in [0.1, 0.15) is 26.2 Å². The van der Waals surface area contributed by atoms with Gasteiger partial charge in [0.2, 0.25) is 11.8 Å². The highest BCUT2D eigenvalue weighted by molar-refractivity contribution is 8.02. The summed E-state index contributed by atoms with van der Waals surface area (Å²) in [5, 5.41) is 9.79. The minimum absolute atomic E-state index is 0.113. The van der Waals surface area contributed by atoms with E-state index in [1.807, 2.05) is 23.1 Å². The Morgan fingerprint density at radius 1 is 1.11 bits per heavy atom. The normalized spacial score (nSPS) is 37.1. The van der Waals surface area contributed by atoms with Gasteiger partial charge in [0.05, 0.1) is 49.1 Å². The van der Waals surface area contributed by atoms with Crippen LogP contribution in [-0.4, -0.2) is 119 Å². The molecule has 1 spiro atoms. The number of morpholine rings is 1. The third kappa shape index (κ3) is 4.50. The SMILES string of the molecule is C[C@H](CO)N1C(=O)[C@@H]2[C@H]3C(=O)OCCCC/C=C\[C@H]3S[C@@]23C=CCN(CCN2CCOCC2)C(=O)C13. The molecule has 5 heterocycles. The number of nitrogens with zero attached hydrogens (tertiary/aromatic N) is 3. The van der Waals surface area contributed by atoms with Crippen LogP contribution in [-0.2, 0) is 23.9 Å². The maximum Gasteiger partial charge on any atom is 0.311 e. The van der Waals surface area contributed by atoms with E-state index in [0.29, 0.717) is 32.9 Å². The molecule has 0 aromatic carbocycles. The van der Waals surface area contributed by atoms with Crippen molar-refractivity contribution >= 4 is 29.5 Å². The van der Waals surface area contributed by atoms with Gasteiger partial charge in [0, 0.05) is 38.0 Å². The lowest BCUT2D eigenvalue weighted by Gasteiger charge is -2.38. The molecule has 0 aliphatic carbocycles. The Morgan fingerprint density at radius 2 is 1.92 bits per heavy atom. The van der Waals surface area contributed by atoms with Crippen LogP contribution in [0.2, 0.25) is 0 Å². The molecular formula is C26H37N3O6S. The van der Waals surface area contributed by atoms with Crippen molar-refractivity contribution in [1.29, 1.82) is 0 Å². The fraction of sp³-hybridized carbons (Fsp3) is 0.731. The van der Waals surface area contributed by atoms with Crippen LogP contribution < -0.4 is 0 Å². The Morgan fingerprint density at radius 3 is 2.69 bits per heavy atom. The summed E-state index contributed by atoms with van der Waals surface area (Å²) < 4.78 is 10.2. The number of cyclic esters (lactones) is 1. The third-order valence-corrected chi connectivity index (χ3v) is 9.90. The molecule has 3 saturated heterocycles. The van der Waals surface area contributed by atoms with Crippen LogP contribution in [0.5, 0.6) is 0 Å². The van der Waals surface area contributed by atoms with Crippen molar-refractivity contribution in [3.05, 3.63) is 24.3 Å². The second-order valence-corrected chi connectivity index (χ2v) is 11.8. The molecule has 198 valence electrons. The topological polar surface area (TPSA) is 99.6 Å². The molecule has 6 atom stereocenters. The quantitative estimate of drug-likeness (QED) is 0.418. The fourth-order valence-electron chi connectivity index (χ4n) is 6.25. The number of likely N-dealkylation sites (tertiary alicyclic amines) is 1. The zero-order valence-corrected chi connectivity index (χ0v) is 21.7. The van der Waals surface area contributed by atoms with E-state index < -0.39 is 28.7 Å². The predicted octanol–water partition coefficient (Wildman–Crippen LogP) is 0.679. The summed E-state index contributed by atoms with van der Waals surface area (Å²) in [6.07, 6.45) is 10.8. The van der Waals surface area contributed by atoms with Crippen molar-refractivity contribution < 1.29 is 29.0 Å². The number of hydrogen-bond acceptors (Lipinski definition) is 8. The Bertz CT molecular complexity index is 921. The Labute approximate surface area is 216 Å². The number of thioether (sulfide) groups is 1. The van der Waals surface area contributed by atoms with Gasteiger partial charge < -0.3 is 24.4 Å². The molecule has 0 aromatic heterocycles. The van der Waals surface area contributed by atoms with Gasteiger partial charge in [0.25, 0.3) is 0 Å². The van der Waals surface area contributed by atoms with Crippen LogP contribution in [0.15, 0.2) is 24.3 Å². The number of amides is 2. The summed E-state index contributed by atoms with van der Waals surface area (Å²) >= 11 is 1.55. The van der Waals surface area contributed by atoms with Gasteiger partial charge in [-0.25, -0.2) is 0 Å². The number of carbonyl (C=O) groups excluding carboxylic acids is 3. The summed E-state index contributed by atoms with van der Waals surface area (Å²) in [7, 11) is 0. The number of hydrogen-bond donors (Lipinski definition) is 1. The summed E-state index contributed by atoms with van der Waals surface area (Å²) in [5.74, 6) is -2.08. The highest BCUT2D eigenvalue weighted by Gasteiger charge is 2.71. The minimum atomic E-state index is -0.877. The van der Waals surface area contributed by atoms with Gasteiger partial charge >= 0.3 is 5.97 Å². The molecule has 1 N–H and O–H groups in total. The van der Waals surface area contributed by atoms with Gasteiger partial charge in [-0.05, 0) is 26.2 Å². The zero-order chi connectivity index (χ0) is 25.3. The second kappa shape index (κ2) is 10.8. The third-order valence-electron chi connectivity index (χ3n) is 8.15. The van der Waals surface area contributed by atoms with Gasteiger partial charge in [0.15, 0.2) is 0 Å². The highest BCUT2D eigenvalue weighted by Crippen LogP contribution is 2.61. The van der Waals surface area contributed by atoms with Crippen molar-refractivity contribution in [1.82, 2.24) is 14.7 Å². The molecule has 5 aliphatic rings. The molecule has 9 nitrogen and oxygen atoms in total. The van der Waals surface area contributed by atoms with Crippen molar-refractivity contribution in [3.8, 4) is 0 Å². The minimum Gasteiger partial charge on any atom is -0.465 e. The summed E-state index contributed by atoms with van der Waals surface area (Å²) in [5.41, 5.74) is 0. The van der Waals surface area contributed by atoms with Crippen LogP contribution in [0, 0.1) is 11.8 Å². The molecule has 0 aromatic rings. The number of ether oxygens (including phenoxy) is 2. The lowest BCUT2D eigenvalue weighted by molar-refractivity contribution is -0.153. The molecule has 5 rings (SSSR count). The number of fused-ring (bicyclic) bond motifs is 2. The first-order valence-corrected chi connectivity index (χ1v) is 14.1. The highest BCUT2D eigenvalue weighted by atomic mass is 32.2. The van der Waals surface area contributed by atoms with Crippen LogP contribution in [0.3, 0.4) is 0 Å². The van der Waals surface area contributed by atoms with E-state index in [4.69, 9.17) is 9.47 Å². The molecule has 0 radical (unpaired) electrons. The molecule has 10 heteroatoms. The largest absolute Gasteiger partial charge is 0.465 e. The first-order valence-electron chi connectivity index (χ1n) is 13.2. The number of aliphatic hydroxyl groups excluding tert-OH is 1. The van der Waals surface area contributed by atoms with Gasteiger partial charge in [-0.2, -0.15) is 0 Å². The lowest BCUT2D eigenvalue weighted by atomic mass is 9.78. The standard InChI is InChI=1S/C26H37N3O6S/c1-18(17-30)29-22-24(32)28(11-10-27-12-15-34-16-13-27)9-6-8-26(22)21(23(29)31)20-19(36-26)7-4-2-3-5-14-35-25(20)33/h4,6-8,18-22,30H,2-3,5,9-17H2,1H3/b7-4-/t18-,19-,20+,21+,22?,26+/m1/s1. The Hall–Kier alpha value is -1.88. The first kappa shape index (κ1) is 25.8. The number of esters is 1. The molecule has 3 fully saturated rings. The van der Waals surface area contributed by atoms with Gasteiger partial charge in [-0.1, -0.05) is 24.3 Å². The monoisotopic (exact) mass is 519 g/mol. The van der Waals surface area contributed by atoms with Crippen LogP contribution in [0.25, 0.3) is 0 Å². The smallest absolute Gasteiger partial charge is 0.311 e. The maximum atomic E-state index is 14.2. The van der Waals surface area contributed by atoms with E-state index in [2.05, 4.69) is 11.0 Å². The Kier molecular flexibility index (Phi) is 7.76. The molecule has 1 unspecified atom stereocenters. The van der Waals surface area contributed by atoms with Crippen molar-refractivity contribution in [2.45, 2.75) is 48.3 Å². The number of allylic oxidation sites excluding steroid dienone is 1. The number of aliphatic hydroxyl groups is 1. The predicted molar refractivity (Wildman–Crippen MR) is 135 cm³/mol. The first-order chi connectivity index (χ1) is 17.5. The van der Waals surface area contributed by atoms with E-state index in [1.165, 1.54) is 0 Å². The molecular weight excluding hydrogens is 482 g/mol. The molecule has 0 saturated carbocycles. The Balaban J connectivity index is 1.48. The van der Waals surface area contributed by atoms with E-state index in [0.717, 1.165) is 38.9 Å². The molecule has 2 amide bonds. The zero-order valence-electron chi connectivity index (χ0n) is 20.9. The lowest BCUT2D eigenvalue weighted by Crippen LogP contribution is -2.56. The van der Waals surface area contributed by atoms with Gasteiger partial charge in [-0.15, -0.1) is 11.8 Å². The van der Waals surface area contributed by atoms with Gasteiger partial charge in [-0.3, -0.25) is 19.3 Å². The van der Waals surface area contributed by atoms with Gasteiger partial charge in [0.1, 0.15) is 6.04 Å². The maximum absolute atomic E-state index is 14.2. The molecule has 0 bridgehead atoms. The van der Waals surface area contributed by atoms with Crippen molar-refractivity contribution in [3.63, 3.8) is 0 Å². The fourth-order valence-corrected chi connectivity index (χ4v) is 8.24. The molecule has 5 aliphatic heterocycles. The average molecular weight is 520 g/mol. The summed E-state index contributed by atoms with van der Waals surface area (Å²) in [6, 6.07) is -1.31. The van der Waals surface area contributed by atoms with E-state index in [9.17, 15) is 19.5 Å². The van der Waals surface area contributed by atoms with E-state index >= 15 is 0 Å². The van der Waals surface area contributed by atoms with Crippen molar-refractivity contribution in [2.75, 3.05) is 59.2 Å². The van der Waals surface area contributed by atoms with Crippen LogP contribution in [0.4, 0.5) is 0 Å². The average Bonchev–Trinajstić information content (AvgIpc) is 3.29. The number of carbonyl (C=O) groups is 3.